The molecule has 1 unspecified atom stereocenters. The summed E-state index contributed by atoms with van der Waals surface area (Å²) in [6.45, 7) is 9.42. The quantitative estimate of drug-likeness (QED) is 0.780. The highest BCUT2D eigenvalue weighted by atomic mass is 19.1. The minimum Gasteiger partial charge on any atom is -0.444 e. The van der Waals surface area contributed by atoms with E-state index < -0.39 is 11.7 Å². The summed E-state index contributed by atoms with van der Waals surface area (Å²) < 4.78 is 18.2. The standard InChI is InChI=1S/C21H32FN3O3/c1-15(19(26)23-12-9-16-5-7-17(22)8-6-16)25-13-10-18(11-14-25)24-20(27)28-21(2,3)4/h5-8,15,18H,9-14H2,1-4H3,(H,23,26)(H,24,27). The Morgan fingerprint density at radius 1 is 1.21 bits per heavy atom. The Hall–Kier alpha value is -2.15. The van der Waals surface area contributed by atoms with Crippen LogP contribution < -0.4 is 10.6 Å². The van der Waals surface area contributed by atoms with Crippen LogP contribution >= 0.6 is 0 Å². The molecule has 1 saturated heterocycles. The van der Waals surface area contributed by atoms with Gasteiger partial charge in [-0.1, -0.05) is 12.1 Å². The molecule has 1 fully saturated rings. The van der Waals surface area contributed by atoms with Crippen molar-refractivity contribution in [2.24, 2.45) is 0 Å². The molecule has 1 aliphatic heterocycles. The number of likely N-dealkylation sites (tertiary alicyclic amines) is 1. The summed E-state index contributed by atoms with van der Waals surface area (Å²) in [5.74, 6) is -0.272. The smallest absolute Gasteiger partial charge is 0.407 e. The van der Waals surface area contributed by atoms with Gasteiger partial charge in [0.1, 0.15) is 11.4 Å². The molecule has 1 aromatic rings. The maximum atomic E-state index is 12.9. The Bertz CT molecular complexity index is 650. The van der Waals surface area contributed by atoms with E-state index in [0.29, 0.717) is 13.0 Å². The molecule has 1 aromatic carbocycles. The van der Waals surface area contributed by atoms with Gasteiger partial charge in [-0.3, -0.25) is 9.69 Å². The number of hydrogen-bond acceptors (Lipinski definition) is 4. The van der Waals surface area contributed by atoms with Crippen LogP contribution in [-0.4, -0.2) is 54.2 Å². The fourth-order valence-electron chi connectivity index (χ4n) is 3.20. The number of hydrogen-bond donors (Lipinski definition) is 2. The summed E-state index contributed by atoms with van der Waals surface area (Å²) in [4.78, 5) is 26.4. The molecule has 0 spiro atoms. The highest BCUT2D eigenvalue weighted by Crippen LogP contribution is 2.15. The van der Waals surface area contributed by atoms with Gasteiger partial charge in [-0.25, -0.2) is 9.18 Å². The molecule has 2 amide bonds. The summed E-state index contributed by atoms with van der Waals surface area (Å²) in [6, 6.07) is 6.15. The van der Waals surface area contributed by atoms with Gasteiger partial charge in [0.25, 0.3) is 0 Å². The molecule has 7 heteroatoms. The summed E-state index contributed by atoms with van der Waals surface area (Å²) in [5.41, 5.74) is 0.481. The van der Waals surface area contributed by atoms with Crippen LogP contribution in [0.4, 0.5) is 9.18 Å². The van der Waals surface area contributed by atoms with Crippen molar-refractivity contribution in [2.45, 2.75) is 64.6 Å². The number of carbonyl (C=O) groups is 2. The number of rotatable bonds is 6. The maximum absolute atomic E-state index is 12.9. The largest absolute Gasteiger partial charge is 0.444 e. The van der Waals surface area contributed by atoms with Crippen LogP contribution in [-0.2, 0) is 16.0 Å². The van der Waals surface area contributed by atoms with Crippen molar-refractivity contribution < 1.29 is 18.7 Å². The normalized spacial score (nSPS) is 17.0. The molecule has 0 radical (unpaired) electrons. The second-order valence-corrected chi connectivity index (χ2v) is 8.30. The molecule has 0 aliphatic carbocycles. The number of ether oxygens (including phenoxy) is 1. The first-order valence-corrected chi connectivity index (χ1v) is 9.90. The highest BCUT2D eigenvalue weighted by molar-refractivity contribution is 5.81. The lowest BCUT2D eigenvalue weighted by Gasteiger charge is -2.35. The third-order valence-corrected chi connectivity index (χ3v) is 4.80. The van der Waals surface area contributed by atoms with Crippen molar-refractivity contribution in [2.75, 3.05) is 19.6 Å². The molecule has 1 atom stereocenters. The van der Waals surface area contributed by atoms with E-state index in [4.69, 9.17) is 4.74 Å². The Morgan fingerprint density at radius 3 is 2.39 bits per heavy atom. The molecule has 28 heavy (non-hydrogen) atoms. The SMILES string of the molecule is CC(C(=O)NCCc1ccc(F)cc1)N1CCC(NC(=O)OC(C)(C)C)CC1. The molecule has 6 nitrogen and oxygen atoms in total. The van der Waals surface area contributed by atoms with Crippen LogP contribution in [0.1, 0.15) is 46.1 Å². The van der Waals surface area contributed by atoms with Gasteiger partial charge in [-0.15, -0.1) is 0 Å². The fraction of sp³-hybridized carbons (Fsp3) is 0.619. The predicted octanol–water partition coefficient (Wildman–Crippen LogP) is 2.86. The molecular formula is C21H32FN3O3. The average Bonchev–Trinajstić information content (AvgIpc) is 2.61. The van der Waals surface area contributed by atoms with Crippen molar-refractivity contribution in [1.29, 1.82) is 0 Å². The number of halogens is 1. The van der Waals surface area contributed by atoms with E-state index >= 15 is 0 Å². The Labute approximate surface area is 166 Å². The Balaban J connectivity index is 1.69. The van der Waals surface area contributed by atoms with Crippen LogP contribution in [0.3, 0.4) is 0 Å². The monoisotopic (exact) mass is 393 g/mol. The van der Waals surface area contributed by atoms with Crippen molar-refractivity contribution in [3.8, 4) is 0 Å². The molecule has 156 valence electrons. The maximum Gasteiger partial charge on any atom is 0.407 e. The number of carbonyl (C=O) groups excluding carboxylic acids is 2. The summed E-state index contributed by atoms with van der Waals surface area (Å²) in [7, 11) is 0. The van der Waals surface area contributed by atoms with Gasteiger partial charge >= 0.3 is 6.09 Å². The van der Waals surface area contributed by atoms with Gasteiger partial charge in [-0.2, -0.15) is 0 Å². The summed E-state index contributed by atoms with van der Waals surface area (Å²) in [6.07, 6.45) is 1.84. The first-order valence-electron chi connectivity index (χ1n) is 9.90. The van der Waals surface area contributed by atoms with Crippen molar-refractivity contribution >= 4 is 12.0 Å². The number of nitrogens with one attached hydrogen (secondary N) is 2. The van der Waals surface area contributed by atoms with Gasteiger partial charge < -0.3 is 15.4 Å². The van der Waals surface area contributed by atoms with E-state index in [1.54, 1.807) is 12.1 Å². The van der Waals surface area contributed by atoms with E-state index in [9.17, 15) is 14.0 Å². The first kappa shape index (κ1) is 22.1. The number of benzene rings is 1. The van der Waals surface area contributed by atoms with E-state index in [1.165, 1.54) is 12.1 Å². The van der Waals surface area contributed by atoms with Crippen LogP contribution in [0.5, 0.6) is 0 Å². The van der Waals surface area contributed by atoms with Gasteiger partial charge in [0.15, 0.2) is 0 Å². The molecule has 2 N–H and O–H groups in total. The van der Waals surface area contributed by atoms with Crippen molar-refractivity contribution in [3.63, 3.8) is 0 Å². The van der Waals surface area contributed by atoms with Crippen LogP contribution in [0.25, 0.3) is 0 Å². The number of nitrogens with zero attached hydrogens (tertiary/aromatic N) is 1. The van der Waals surface area contributed by atoms with E-state index in [0.717, 1.165) is 31.5 Å². The van der Waals surface area contributed by atoms with E-state index in [2.05, 4.69) is 15.5 Å². The van der Waals surface area contributed by atoms with Crippen LogP contribution in [0.15, 0.2) is 24.3 Å². The molecule has 2 rings (SSSR count). The average molecular weight is 394 g/mol. The predicted molar refractivity (Wildman–Crippen MR) is 107 cm³/mol. The van der Waals surface area contributed by atoms with Gasteiger partial charge in [0.2, 0.25) is 5.91 Å². The minimum absolute atomic E-state index is 0.0133. The number of piperidine rings is 1. The molecule has 0 saturated carbocycles. The lowest BCUT2D eigenvalue weighted by Crippen LogP contribution is -2.52. The van der Waals surface area contributed by atoms with E-state index in [-0.39, 0.29) is 23.8 Å². The van der Waals surface area contributed by atoms with Crippen molar-refractivity contribution in [1.82, 2.24) is 15.5 Å². The van der Waals surface area contributed by atoms with Gasteiger partial charge in [0.05, 0.1) is 6.04 Å². The Kier molecular flexibility index (Phi) is 7.80. The zero-order valence-electron chi connectivity index (χ0n) is 17.3. The van der Waals surface area contributed by atoms with Crippen molar-refractivity contribution in [3.05, 3.63) is 35.6 Å². The molecule has 0 aromatic heterocycles. The summed E-state index contributed by atoms with van der Waals surface area (Å²) >= 11 is 0. The fourth-order valence-corrected chi connectivity index (χ4v) is 3.20. The second kappa shape index (κ2) is 9.87. The molecular weight excluding hydrogens is 361 g/mol. The third kappa shape index (κ3) is 7.46. The lowest BCUT2D eigenvalue weighted by atomic mass is 10.0. The summed E-state index contributed by atoms with van der Waals surface area (Å²) in [5, 5.41) is 5.85. The number of alkyl carbamates (subject to hydrolysis) is 1. The zero-order chi connectivity index (χ0) is 20.7. The molecule has 1 aliphatic rings. The van der Waals surface area contributed by atoms with Gasteiger partial charge in [-0.05, 0) is 64.7 Å². The second-order valence-electron chi connectivity index (χ2n) is 8.30. The molecule has 1 heterocycles. The van der Waals surface area contributed by atoms with Crippen LogP contribution in [0, 0.1) is 5.82 Å². The topological polar surface area (TPSA) is 70.7 Å². The first-order chi connectivity index (χ1) is 13.1. The highest BCUT2D eigenvalue weighted by Gasteiger charge is 2.28. The number of amides is 2. The third-order valence-electron chi connectivity index (χ3n) is 4.80. The van der Waals surface area contributed by atoms with E-state index in [1.807, 2.05) is 27.7 Å². The minimum atomic E-state index is -0.509. The van der Waals surface area contributed by atoms with Crippen LogP contribution in [0.2, 0.25) is 0 Å². The lowest BCUT2D eigenvalue weighted by molar-refractivity contribution is -0.126. The Morgan fingerprint density at radius 2 is 1.82 bits per heavy atom. The van der Waals surface area contributed by atoms with Gasteiger partial charge in [0, 0.05) is 25.7 Å². The molecule has 0 bridgehead atoms. The zero-order valence-corrected chi connectivity index (χ0v) is 17.3.